The molecule has 4 heteroatoms. The number of benzene rings is 1. The lowest BCUT2D eigenvalue weighted by molar-refractivity contribution is 0.0962. The van der Waals surface area contributed by atoms with Crippen molar-refractivity contribution in [3.8, 4) is 11.5 Å². The molecule has 1 aromatic heterocycles. The van der Waals surface area contributed by atoms with Crippen LogP contribution in [0.4, 0.5) is 0 Å². The Labute approximate surface area is 131 Å². The van der Waals surface area contributed by atoms with Crippen LogP contribution in [-0.2, 0) is 6.54 Å². The number of rotatable bonds is 3. The van der Waals surface area contributed by atoms with Crippen LogP contribution in [0.1, 0.15) is 43.6 Å². The number of hydrogen-bond acceptors (Lipinski definition) is 4. The van der Waals surface area contributed by atoms with E-state index in [0.29, 0.717) is 5.89 Å². The Hall–Kier alpha value is -1.68. The van der Waals surface area contributed by atoms with Crippen LogP contribution >= 0.6 is 0 Å². The van der Waals surface area contributed by atoms with Gasteiger partial charge in [0, 0.05) is 11.6 Å². The van der Waals surface area contributed by atoms with Crippen molar-refractivity contribution in [2.45, 2.75) is 51.6 Å². The summed E-state index contributed by atoms with van der Waals surface area (Å²) in [6.07, 6.45) is 6.83. The molecule has 4 rings (SSSR count). The largest absolute Gasteiger partial charge is 0.419 e. The minimum atomic E-state index is 0.646. The van der Waals surface area contributed by atoms with E-state index in [1.807, 2.05) is 18.2 Å². The fraction of sp³-hybridized carbons (Fsp3) is 0.556. The number of aromatic nitrogens is 2. The summed E-state index contributed by atoms with van der Waals surface area (Å²) in [5, 5.41) is 8.54. The third-order valence-corrected chi connectivity index (χ3v) is 5.29. The summed E-state index contributed by atoms with van der Waals surface area (Å²) in [7, 11) is 0. The Bertz CT molecular complexity index is 651. The fourth-order valence-corrected chi connectivity index (χ4v) is 4.17. The van der Waals surface area contributed by atoms with Gasteiger partial charge in [0.1, 0.15) is 0 Å². The van der Waals surface area contributed by atoms with E-state index in [1.165, 1.54) is 44.2 Å². The molecule has 0 radical (unpaired) electrons. The van der Waals surface area contributed by atoms with Crippen molar-refractivity contribution < 1.29 is 4.42 Å². The second-order valence-corrected chi connectivity index (χ2v) is 6.69. The predicted octanol–water partition coefficient (Wildman–Crippen LogP) is 3.81. The predicted molar refractivity (Wildman–Crippen MR) is 85.2 cm³/mol. The number of piperidine rings is 1. The van der Waals surface area contributed by atoms with Gasteiger partial charge in [0.05, 0.1) is 6.54 Å². The minimum absolute atomic E-state index is 0.646. The first-order chi connectivity index (χ1) is 10.8. The summed E-state index contributed by atoms with van der Waals surface area (Å²) in [5.41, 5.74) is 2.21. The van der Waals surface area contributed by atoms with Crippen molar-refractivity contribution in [1.82, 2.24) is 15.1 Å². The van der Waals surface area contributed by atoms with E-state index in [0.717, 1.165) is 30.0 Å². The van der Waals surface area contributed by atoms with Crippen molar-refractivity contribution in [3.63, 3.8) is 0 Å². The van der Waals surface area contributed by atoms with Gasteiger partial charge in [-0.25, -0.2) is 0 Å². The quantitative estimate of drug-likeness (QED) is 0.864. The zero-order valence-corrected chi connectivity index (χ0v) is 13.2. The van der Waals surface area contributed by atoms with E-state index in [9.17, 15) is 0 Å². The second-order valence-electron chi connectivity index (χ2n) is 6.69. The van der Waals surface area contributed by atoms with E-state index in [2.05, 4.69) is 28.1 Å². The first-order valence-electron chi connectivity index (χ1n) is 8.44. The highest BCUT2D eigenvalue weighted by atomic mass is 16.4. The van der Waals surface area contributed by atoms with Crippen LogP contribution in [0.2, 0.25) is 0 Å². The van der Waals surface area contributed by atoms with Crippen molar-refractivity contribution in [1.29, 1.82) is 0 Å². The average Bonchev–Trinajstić information content (AvgIpc) is 3.17. The van der Waals surface area contributed by atoms with E-state index in [4.69, 9.17) is 4.42 Å². The molecule has 0 spiro atoms. The van der Waals surface area contributed by atoms with Crippen molar-refractivity contribution >= 4 is 0 Å². The van der Waals surface area contributed by atoms with E-state index >= 15 is 0 Å². The van der Waals surface area contributed by atoms with E-state index in [1.54, 1.807) is 0 Å². The molecule has 2 unspecified atom stereocenters. The maximum absolute atomic E-state index is 5.94. The number of nitrogens with zero attached hydrogens (tertiary/aromatic N) is 3. The summed E-state index contributed by atoms with van der Waals surface area (Å²) in [4.78, 5) is 2.57. The van der Waals surface area contributed by atoms with Gasteiger partial charge in [-0.2, -0.15) is 0 Å². The van der Waals surface area contributed by atoms with Crippen molar-refractivity contribution in [2.24, 2.45) is 5.92 Å². The normalized spacial score (nSPS) is 25.3. The van der Waals surface area contributed by atoms with E-state index in [-0.39, 0.29) is 0 Å². The zero-order chi connectivity index (χ0) is 14.9. The molecule has 116 valence electrons. The zero-order valence-electron chi connectivity index (χ0n) is 13.2. The Balaban J connectivity index is 1.51. The highest BCUT2D eigenvalue weighted by Gasteiger charge is 2.35. The molecule has 22 heavy (non-hydrogen) atoms. The van der Waals surface area contributed by atoms with Gasteiger partial charge in [-0.1, -0.05) is 24.6 Å². The molecule has 1 aliphatic heterocycles. The Morgan fingerprint density at radius 2 is 2.00 bits per heavy atom. The van der Waals surface area contributed by atoms with Crippen LogP contribution in [0.15, 0.2) is 28.7 Å². The van der Waals surface area contributed by atoms with Crippen LogP contribution in [0.25, 0.3) is 11.5 Å². The highest BCUT2D eigenvalue weighted by molar-refractivity contribution is 5.57. The van der Waals surface area contributed by atoms with Gasteiger partial charge in [0.25, 0.3) is 0 Å². The van der Waals surface area contributed by atoms with Gasteiger partial charge in [-0.05, 0) is 56.7 Å². The van der Waals surface area contributed by atoms with Crippen LogP contribution < -0.4 is 0 Å². The standard InChI is InChI=1S/C18H23N3O/c1-13-6-2-3-9-15(13)18-20-19-17(22-18)12-21-11-5-8-14-7-4-10-16(14)21/h2-3,6,9,14,16H,4-5,7-8,10-12H2,1H3. The Morgan fingerprint density at radius 3 is 2.91 bits per heavy atom. The number of fused-ring (bicyclic) bond motifs is 1. The van der Waals surface area contributed by atoms with Gasteiger partial charge in [0.15, 0.2) is 0 Å². The first kappa shape index (κ1) is 13.9. The smallest absolute Gasteiger partial charge is 0.248 e. The fourth-order valence-electron chi connectivity index (χ4n) is 4.17. The summed E-state index contributed by atoms with van der Waals surface area (Å²) in [5.74, 6) is 2.30. The Morgan fingerprint density at radius 1 is 1.14 bits per heavy atom. The summed E-state index contributed by atoms with van der Waals surface area (Å²) in [6.45, 7) is 4.05. The lowest BCUT2D eigenvalue weighted by Crippen LogP contribution is -2.41. The maximum Gasteiger partial charge on any atom is 0.248 e. The molecule has 4 nitrogen and oxygen atoms in total. The first-order valence-corrected chi connectivity index (χ1v) is 8.44. The molecular weight excluding hydrogens is 274 g/mol. The van der Waals surface area contributed by atoms with Crippen LogP contribution in [0, 0.1) is 12.8 Å². The topological polar surface area (TPSA) is 42.2 Å². The molecular formula is C18H23N3O. The molecule has 2 heterocycles. The summed E-state index contributed by atoms with van der Waals surface area (Å²) < 4.78 is 5.94. The van der Waals surface area contributed by atoms with E-state index < -0.39 is 0 Å². The molecule has 1 saturated heterocycles. The van der Waals surface area contributed by atoms with Crippen molar-refractivity contribution in [3.05, 3.63) is 35.7 Å². The third-order valence-electron chi connectivity index (χ3n) is 5.29. The molecule has 2 aromatic rings. The second kappa shape index (κ2) is 5.84. The highest BCUT2D eigenvalue weighted by Crippen LogP contribution is 2.37. The van der Waals surface area contributed by atoms with Crippen LogP contribution in [0.3, 0.4) is 0 Å². The van der Waals surface area contributed by atoms with Gasteiger partial charge in [-0.3, -0.25) is 4.90 Å². The van der Waals surface area contributed by atoms with Gasteiger partial charge >= 0.3 is 0 Å². The number of hydrogen-bond donors (Lipinski definition) is 0. The number of aryl methyl sites for hydroxylation is 1. The third kappa shape index (κ3) is 2.56. The molecule has 0 amide bonds. The summed E-state index contributed by atoms with van der Waals surface area (Å²) in [6, 6.07) is 8.90. The van der Waals surface area contributed by atoms with Crippen LogP contribution in [0.5, 0.6) is 0 Å². The van der Waals surface area contributed by atoms with Gasteiger partial charge in [0.2, 0.25) is 11.8 Å². The molecule has 1 aromatic carbocycles. The SMILES string of the molecule is Cc1ccccc1-c1nnc(CN2CCCC3CCCC32)o1. The summed E-state index contributed by atoms with van der Waals surface area (Å²) >= 11 is 0. The van der Waals surface area contributed by atoms with Crippen LogP contribution in [-0.4, -0.2) is 27.7 Å². The van der Waals surface area contributed by atoms with Gasteiger partial charge < -0.3 is 4.42 Å². The van der Waals surface area contributed by atoms with Gasteiger partial charge in [-0.15, -0.1) is 10.2 Å². The molecule has 0 N–H and O–H groups in total. The monoisotopic (exact) mass is 297 g/mol. The number of likely N-dealkylation sites (tertiary alicyclic amines) is 1. The molecule has 2 fully saturated rings. The molecule has 2 atom stereocenters. The molecule has 0 bridgehead atoms. The molecule has 1 saturated carbocycles. The minimum Gasteiger partial charge on any atom is -0.419 e. The molecule has 2 aliphatic rings. The maximum atomic E-state index is 5.94. The Kier molecular flexibility index (Phi) is 3.70. The lowest BCUT2D eigenvalue weighted by atomic mass is 9.92. The molecule has 1 aliphatic carbocycles. The van der Waals surface area contributed by atoms with Crippen molar-refractivity contribution in [2.75, 3.05) is 6.54 Å². The average molecular weight is 297 g/mol. The lowest BCUT2D eigenvalue weighted by Gasteiger charge is -2.36.